The fourth-order valence-corrected chi connectivity index (χ4v) is 2.93. The Morgan fingerprint density at radius 3 is 2.62 bits per heavy atom. The number of aromatic nitrogens is 1. The maximum absolute atomic E-state index is 10.3. The molecule has 144 valence electrons. The summed E-state index contributed by atoms with van der Waals surface area (Å²) >= 11 is 1.66. The van der Waals surface area contributed by atoms with Crippen molar-refractivity contribution in [3.8, 4) is 5.75 Å². The Labute approximate surface area is 176 Å². The van der Waals surface area contributed by atoms with Gasteiger partial charge in [-0.25, -0.2) is 4.98 Å². The third-order valence-corrected chi connectivity index (χ3v) is 4.43. The van der Waals surface area contributed by atoms with Gasteiger partial charge in [0.25, 0.3) is 0 Å². The third kappa shape index (κ3) is 7.46. The van der Waals surface area contributed by atoms with Gasteiger partial charge in [-0.1, -0.05) is 12.1 Å². The molecule has 0 aliphatic heterocycles. The highest BCUT2D eigenvalue weighted by Crippen LogP contribution is 2.17. The first-order valence-corrected chi connectivity index (χ1v) is 9.25. The normalized spacial score (nSPS) is 12.2. The van der Waals surface area contributed by atoms with Gasteiger partial charge in [-0.2, -0.15) is 0 Å². The van der Waals surface area contributed by atoms with Gasteiger partial charge in [-0.3, -0.25) is 4.99 Å². The molecule has 2 aromatic rings. The Morgan fingerprint density at radius 1 is 1.31 bits per heavy atom. The number of aliphatic imine (C=N–C) groups is 1. The van der Waals surface area contributed by atoms with E-state index in [1.165, 1.54) is 0 Å². The molecule has 0 bridgehead atoms. The number of hydrogen-bond acceptors (Lipinski definition) is 5. The molecule has 1 aromatic heterocycles. The van der Waals surface area contributed by atoms with Crippen molar-refractivity contribution in [3.63, 3.8) is 0 Å². The highest BCUT2D eigenvalue weighted by molar-refractivity contribution is 14.0. The lowest BCUT2D eigenvalue weighted by Crippen LogP contribution is -2.38. The minimum atomic E-state index is -0.650. The molecular formula is C18H27IN4O2S. The molecule has 0 fully saturated rings. The number of aliphatic hydroxyl groups is 1. The van der Waals surface area contributed by atoms with Gasteiger partial charge in [0.05, 0.1) is 30.5 Å². The van der Waals surface area contributed by atoms with E-state index in [0.29, 0.717) is 5.96 Å². The molecule has 3 N–H and O–H groups in total. The van der Waals surface area contributed by atoms with Gasteiger partial charge in [-0.05, 0) is 31.5 Å². The zero-order chi connectivity index (χ0) is 18.1. The second kappa shape index (κ2) is 12.1. The van der Waals surface area contributed by atoms with Crippen LogP contribution < -0.4 is 15.4 Å². The van der Waals surface area contributed by atoms with Gasteiger partial charge in [0.1, 0.15) is 5.75 Å². The average molecular weight is 490 g/mol. The summed E-state index contributed by atoms with van der Waals surface area (Å²) in [6.07, 6.45) is 0.193. The number of rotatable bonds is 8. The second-order valence-corrected chi connectivity index (χ2v) is 6.61. The van der Waals surface area contributed by atoms with E-state index in [2.05, 4.69) is 26.0 Å². The standard InChI is InChI=1S/C18H26N4O2S.HI/c1-4-19-18(20-10-9-15-12-25-13(2)22-15)21-11-17(23)14-5-7-16(24-3)8-6-14;/h5-8,12,17,23H,4,9-11H2,1-3H3,(H2,19,20,21);1H. The maximum atomic E-state index is 10.3. The summed E-state index contributed by atoms with van der Waals surface area (Å²) in [6.45, 7) is 5.82. The largest absolute Gasteiger partial charge is 0.497 e. The number of aliphatic hydroxyl groups excluding tert-OH is 1. The lowest BCUT2D eigenvalue weighted by molar-refractivity contribution is 0.187. The molecular weight excluding hydrogens is 463 g/mol. The van der Waals surface area contributed by atoms with Crippen molar-refractivity contribution in [2.45, 2.75) is 26.4 Å². The first-order valence-electron chi connectivity index (χ1n) is 8.37. The zero-order valence-corrected chi connectivity index (χ0v) is 18.5. The Morgan fingerprint density at radius 2 is 2.04 bits per heavy atom. The molecule has 0 saturated carbocycles. The quantitative estimate of drug-likeness (QED) is 0.302. The topological polar surface area (TPSA) is 78.8 Å². The van der Waals surface area contributed by atoms with Crippen molar-refractivity contribution >= 4 is 41.3 Å². The highest BCUT2D eigenvalue weighted by atomic mass is 127. The maximum Gasteiger partial charge on any atom is 0.191 e. The Kier molecular flexibility index (Phi) is 10.5. The number of aryl methyl sites for hydroxylation is 1. The fraction of sp³-hybridized carbons (Fsp3) is 0.444. The Bertz CT molecular complexity index is 676. The van der Waals surface area contributed by atoms with Crippen LogP contribution in [0.2, 0.25) is 0 Å². The number of guanidine groups is 1. The van der Waals surface area contributed by atoms with E-state index >= 15 is 0 Å². The van der Waals surface area contributed by atoms with Crippen LogP contribution in [0.5, 0.6) is 5.75 Å². The molecule has 1 unspecified atom stereocenters. The molecule has 6 nitrogen and oxygen atoms in total. The first kappa shape index (κ1) is 22.7. The summed E-state index contributed by atoms with van der Waals surface area (Å²) in [5, 5.41) is 19.9. The summed E-state index contributed by atoms with van der Waals surface area (Å²) in [5.74, 6) is 1.47. The van der Waals surface area contributed by atoms with Crippen LogP contribution in [-0.4, -0.2) is 42.8 Å². The lowest BCUT2D eigenvalue weighted by Gasteiger charge is -2.13. The van der Waals surface area contributed by atoms with Gasteiger partial charge >= 0.3 is 0 Å². The van der Waals surface area contributed by atoms with Crippen molar-refractivity contribution in [1.82, 2.24) is 15.6 Å². The molecule has 2 rings (SSSR count). The van der Waals surface area contributed by atoms with Crippen LogP contribution in [0.25, 0.3) is 0 Å². The molecule has 0 saturated heterocycles. The molecule has 0 spiro atoms. The predicted octanol–water partition coefficient (Wildman–Crippen LogP) is 2.91. The molecule has 1 aromatic carbocycles. The van der Waals surface area contributed by atoms with Crippen molar-refractivity contribution in [2.75, 3.05) is 26.7 Å². The van der Waals surface area contributed by atoms with Crippen LogP contribution in [0.3, 0.4) is 0 Å². The summed E-state index contributed by atoms with van der Waals surface area (Å²) in [7, 11) is 1.62. The minimum Gasteiger partial charge on any atom is -0.497 e. The van der Waals surface area contributed by atoms with Crippen molar-refractivity contribution in [1.29, 1.82) is 0 Å². The molecule has 0 aliphatic rings. The Balaban J connectivity index is 0.00000338. The van der Waals surface area contributed by atoms with E-state index in [0.717, 1.165) is 41.5 Å². The van der Waals surface area contributed by atoms with E-state index < -0.39 is 6.10 Å². The number of nitrogens with one attached hydrogen (secondary N) is 2. The second-order valence-electron chi connectivity index (χ2n) is 5.54. The van der Waals surface area contributed by atoms with Crippen LogP contribution in [0.4, 0.5) is 0 Å². The lowest BCUT2D eigenvalue weighted by atomic mass is 10.1. The third-order valence-electron chi connectivity index (χ3n) is 3.61. The zero-order valence-electron chi connectivity index (χ0n) is 15.4. The molecule has 0 radical (unpaired) electrons. The smallest absolute Gasteiger partial charge is 0.191 e. The van der Waals surface area contributed by atoms with Crippen LogP contribution in [0.15, 0.2) is 34.6 Å². The van der Waals surface area contributed by atoms with Crippen molar-refractivity contribution < 1.29 is 9.84 Å². The highest BCUT2D eigenvalue weighted by Gasteiger charge is 2.08. The average Bonchev–Trinajstić information content (AvgIpc) is 3.04. The van der Waals surface area contributed by atoms with Gasteiger partial charge in [0.15, 0.2) is 5.96 Å². The van der Waals surface area contributed by atoms with E-state index in [9.17, 15) is 5.11 Å². The summed E-state index contributed by atoms with van der Waals surface area (Å²) in [5.41, 5.74) is 1.91. The molecule has 0 aliphatic carbocycles. The number of ether oxygens (including phenoxy) is 1. The van der Waals surface area contributed by atoms with E-state index in [-0.39, 0.29) is 30.5 Å². The monoisotopic (exact) mass is 490 g/mol. The number of benzene rings is 1. The van der Waals surface area contributed by atoms with Gasteiger partial charge < -0.3 is 20.5 Å². The van der Waals surface area contributed by atoms with E-state index in [4.69, 9.17) is 4.74 Å². The van der Waals surface area contributed by atoms with Crippen LogP contribution >= 0.6 is 35.3 Å². The summed E-state index contributed by atoms with van der Waals surface area (Å²) < 4.78 is 5.13. The SMILES string of the molecule is CCNC(=NCC(O)c1ccc(OC)cc1)NCCc1csc(C)n1.I. The predicted molar refractivity (Wildman–Crippen MR) is 118 cm³/mol. The first-order chi connectivity index (χ1) is 12.1. The van der Waals surface area contributed by atoms with Crippen LogP contribution in [-0.2, 0) is 6.42 Å². The molecule has 26 heavy (non-hydrogen) atoms. The number of thiazole rings is 1. The molecule has 1 atom stereocenters. The molecule has 0 amide bonds. The molecule has 8 heteroatoms. The van der Waals surface area contributed by atoms with Gasteiger partial charge in [-0.15, -0.1) is 35.3 Å². The van der Waals surface area contributed by atoms with Gasteiger partial charge in [0, 0.05) is 24.9 Å². The number of halogens is 1. The summed E-state index contributed by atoms with van der Waals surface area (Å²) in [6, 6.07) is 7.37. The Hall–Kier alpha value is -1.39. The number of methoxy groups -OCH3 is 1. The fourth-order valence-electron chi connectivity index (χ4n) is 2.28. The van der Waals surface area contributed by atoms with Crippen LogP contribution in [0, 0.1) is 6.92 Å². The van der Waals surface area contributed by atoms with Crippen LogP contribution in [0.1, 0.15) is 29.3 Å². The number of hydrogen-bond donors (Lipinski definition) is 3. The van der Waals surface area contributed by atoms with Crippen molar-refractivity contribution in [3.05, 3.63) is 45.9 Å². The molecule has 1 heterocycles. The minimum absolute atomic E-state index is 0. The van der Waals surface area contributed by atoms with Gasteiger partial charge in [0.2, 0.25) is 0 Å². The van der Waals surface area contributed by atoms with E-state index in [1.54, 1.807) is 18.4 Å². The van der Waals surface area contributed by atoms with Crippen molar-refractivity contribution in [2.24, 2.45) is 4.99 Å². The number of nitrogens with zero attached hydrogens (tertiary/aromatic N) is 2. The van der Waals surface area contributed by atoms with E-state index in [1.807, 2.05) is 38.1 Å². The summed E-state index contributed by atoms with van der Waals surface area (Å²) in [4.78, 5) is 8.91.